The molecule has 0 spiro atoms. The number of fused-ring (bicyclic) bond motifs is 1. The summed E-state index contributed by atoms with van der Waals surface area (Å²) in [5, 5.41) is 2.75. The van der Waals surface area contributed by atoms with E-state index in [1.807, 2.05) is 25.1 Å². The van der Waals surface area contributed by atoms with Crippen LogP contribution in [-0.2, 0) is 22.3 Å². The number of nitrogens with zero attached hydrogens (tertiary/aromatic N) is 3. The molecule has 3 aromatic rings. The van der Waals surface area contributed by atoms with Crippen molar-refractivity contribution in [1.29, 1.82) is 0 Å². The Morgan fingerprint density at radius 3 is 2.75 bits per heavy atom. The fraction of sp³-hybridized carbons (Fsp3) is 0.304. The van der Waals surface area contributed by atoms with Crippen molar-refractivity contribution in [2.45, 2.75) is 12.8 Å². The number of carbonyl (C=O) groups excluding carboxylic acids is 1. The Bertz CT molecular complexity index is 1140. The summed E-state index contributed by atoms with van der Waals surface area (Å²) in [6, 6.07) is 10.2. The van der Waals surface area contributed by atoms with E-state index < -0.39 is 11.7 Å². The van der Waals surface area contributed by atoms with Gasteiger partial charge in [-0.2, -0.15) is 13.2 Å². The van der Waals surface area contributed by atoms with Gasteiger partial charge >= 0.3 is 6.18 Å². The van der Waals surface area contributed by atoms with Crippen molar-refractivity contribution in [3.8, 4) is 11.8 Å². The molecule has 1 amide bonds. The number of hydrogen-bond donors (Lipinski definition) is 1. The molecule has 3 rings (SSSR count). The quantitative estimate of drug-likeness (QED) is 0.570. The molecule has 0 radical (unpaired) electrons. The third kappa shape index (κ3) is 6.33. The second-order valence-electron chi connectivity index (χ2n) is 7.31. The third-order valence-electron chi connectivity index (χ3n) is 4.47. The van der Waals surface area contributed by atoms with Gasteiger partial charge in [-0.1, -0.05) is 18.1 Å². The summed E-state index contributed by atoms with van der Waals surface area (Å²) in [5.41, 5.74) is 1.08. The van der Waals surface area contributed by atoms with Crippen LogP contribution in [0, 0.1) is 11.8 Å². The first kappa shape index (κ1) is 23.3. The SMILES string of the molecule is CN(C)CCNC(=O)COCc1nc2ccccn2c1C#Cc1cccc(C(F)(F)F)c1. The van der Waals surface area contributed by atoms with Crippen LogP contribution in [0.1, 0.15) is 22.5 Å². The van der Waals surface area contributed by atoms with Gasteiger partial charge in [0.1, 0.15) is 23.6 Å². The van der Waals surface area contributed by atoms with Crippen LogP contribution in [0.15, 0.2) is 48.7 Å². The molecule has 2 heterocycles. The lowest BCUT2D eigenvalue weighted by Crippen LogP contribution is -2.33. The summed E-state index contributed by atoms with van der Waals surface area (Å²) in [6.07, 6.45) is -2.68. The zero-order chi connectivity index (χ0) is 23.1. The number of rotatable bonds is 7. The Hall–Kier alpha value is -3.35. The average Bonchev–Trinajstić information content (AvgIpc) is 3.09. The second kappa shape index (κ2) is 10.3. The molecule has 168 valence electrons. The minimum atomic E-state index is -4.44. The van der Waals surface area contributed by atoms with Crippen LogP contribution >= 0.6 is 0 Å². The number of likely N-dealkylation sites (N-methyl/N-ethyl adjacent to an activating group) is 1. The van der Waals surface area contributed by atoms with E-state index in [4.69, 9.17) is 4.74 Å². The van der Waals surface area contributed by atoms with Crippen molar-refractivity contribution in [3.63, 3.8) is 0 Å². The van der Waals surface area contributed by atoms with Crippen molar-refractivity contribution in [2.24, 2.45) is 0 Å². The molecule has 0 aliphatic rings. The molecule has 0 bridgehead atoms. The minimum absolute atomic E-state index is 0.0371. The van der Waals surface area contributed by atoms with Crippen LogP contribution < -0.4 is 5.32 Å². The van der Waals surface area contributed by atoms with Crippen LogP contribution in [-0.4, -0.2) is 54.0 Å². The molecule has 0 aliphatic heterocycles. The lowest BCUT2D eigenvalue weighted by atomic mass is 10.1. The van der Waals surface area contributed by atoms with Crippen LogP contribution in [0.25, 0.3) is 5.65 Å². The first-order valence-electron chi connectivity index (χ1n) is 9.88. The van der Waals surface area contributed by atoms with Gasteiger partial charge in [-0.3, -0.25) is 9.20 Å². The Morgan fingerprint density at radius 2 is 2.00 bits per heavy atom. The average molecular weight is 444 g/mol. The molecule has 1 aromatic carbocycles. The molecule has 0 fully saturated rings. The van der Waals surface area contributed by atoms with E-state index in [0.29, 0.717) is 30.1 Å². The monoisotopic (exact) mass is 444 g/mol. The van der Waals surface area contributed by atoms with E-state index in [1.54, 1.807) is 22.7 Å². The summed E-state index contributed by atoms with van der Waals surface area (Å²) in [6.45, 7) is 1.13. The van der Waals surface area contributed by atoms with E-state index >= 15 is 0 Å². The molecule has 9 heteroatoms. The Morgan fingerprint density at radius 1 is 1.19 bits per heavy atom. The summed E-state index contributed by atoms with van der Waals surface area (Å²) >= 11 is 0. The van der Waals surface area contributed by atoms with Crippen molar-refractivity contribution >= 4 is 11.6 Å². The molecular weight excluding hydrogens is 421 g/mol. The summed E-state index contributed by atoms with van der Waals surface area (Å²) < 4.78 is 46.1. The molecular formula is C23H23F3N4O2. The van der Waals surface area contributed by atoms with E-state index in [0.717, 1.165) is 12.1 Å². The van der Waals surface area contributed by atoms with Crippen molar-refractivity contribution in [1.82, 2.24) is 19.6 Å². The van der Waals surface area contributed by atoms with Crippen LogP contribution in [0.2, 0.25) is 0 Å². The number of halogens is 3. The first-order valence-corrected chi connectivity index (χ1v) is 9.88. The standard InChI is InChI=1S/C23H23F3N4O2/c1-29(2)13-11-27-22(31)16-32-15-19-20(30-12-4-3-8-21(30)28-19)10-9-17-6-5-7-18(14-17)23(24,25)26/h3-8,12,14H,11,13,15-16H2,1-2H3,(H,27,31). The van der Waals surface area contributed by atoms with Gasteiger partial charge in [-0.05, 0) is 50.3 Å². The second-order valence-corrected chi connectivity index (χ2v) is 7.31. The Labute approximate surface area is 184 Å². The summed E-state index contributed by atoms with van der Waals surface area (Å²) in [7, 11) is 3.82. The normalized spacial score (nSPS) is 11.4. The highest BCUT2D eigenvalue weighted by Crippen LogP contribution is 2.29. The lowest BCUT2D eigenvalue weighted by molar-refractivity contribution is -0.137. The Kier molecular flexibility index (Phi) is 7.51. The van der Waals surface area contributed by atoms with Crippen LogP contribution in [0.5, 0.6) is 0 Å². The number of alkyl halides is 3. The maximum absolute atomic E-state index is 13.0. The van der Waals surface area contributed by atoms with Gasteiger partial charge in [0.25, 0.3) is 0 Å². The van der Waals surface area contributed by atoms with Crippen molar-refractivity contribution in [2.75, 3.05) is 33.8 Å². The van der Waals surface area contributed by atoms with Gasteiger partial charge in [-0.25, -0.2) is 4.98 Å². The highest BCUT2D eigenvalue weighted by atomic mass is 19.4. The van der Waals surface area contributed by atoms with E-state index in [1.165, 1.54) is 12.1 Å². The number of ether oxygens (including phenoxy) is 1. The highest BCUT2D eigenvalue weighted by Gasteiger charge is 2.30. The lowest BCUT2D eigenvalue weighted by Gasteiger charge is -2.10. The number of pyridine rings is 1. The smallest absolute Gasteiger partial charge is 0.365 e. The Balaban J connectivity index is 1.76. The fourth-order valence-corrected chi connectivity index (χ4v) is 2.89. The van der Waals surface area contributed by atoms with Gasteiger partial charge in [-0.15, -0.1) is 0 Å². The number of benzene rings is 1. The molecule has 0 aliphatic carbocycles. The van der Waals surface area contributed by atoms with Crippen LogP contribution in [0.3, 0.4) is 0 Å². The molecule has 0 saturated heterocycles. The number of aromatic nitrogens is 2. The van der Waals surface area contributed by atoms with Crippen molar-refractivity contribution < 1.29 is 22.7 Å². The predicted octanol–water partition coefficient (Wildman–Crippen LogP) is 2.95. The molecule has 0 unspecified atom stereocenters. The number of imidazole rings is 1. The molecule has 0 atom stereocenters. The fourth-order valence-electron chi connectivity index (χ4n) is 2.89. The van der Waals surface area contributed by atoms with Gasteiger partial charge < -0.3 is 15.0 Å². The molecule has 0 saturated carbocycles. The van der Waals surface area contributed by atoms with Gasteiger partial charge in [0.15, 0.2) is 0 Å². The van der Waals surface area contributed by atoms with Crippen molar-refractivity contribution in [3.05, 3.63) is 71.2 Å². The van der Waals surface area contributed by atoms with Crippen LogP contribution in [0.4, 0.5) is 13.2 Å². The number of amides is 1. The zero-order valence-corrected chi connectivity index (χ0v) is 17.7. The van der Waals surface area contributed by atoms with E-state index in [-0.39, 0.29) is 24.7 Å². The number of nitrogens with one attached hydrogen (secondary N) is 1. The first-order chi connectivity index (χ1) is 15.2. The number of hydrogen-bond acceptors (Lipinski definition) is 4. The number of carbonyl (C=O) groups is 1. The largest absolute Gasteiger partial charge is 0.416 e. The van der Waals surface area contributed by atoms with Gasteiger partial charge in [0.05, 0.1) is 12.2 Å². The molecule has 1 N–H and O–H groups in total. The molecule has 32 heavy (non-hydrogen) atoms. The van der Waals surface area contributed by atoms with Gasteiger partial charge in [0, 0.05) is 24.8 Å². The maximum Gasteiger partial charge on any atom is 0.416 e. The molecule has 2 aromatic heterocycles. The van der Waals surface area contributed by atoms with E-state index in [2.05, 4.69) is 22.1 Å². The third-order valence-corrected chi connectivity index (χ3v) is 4.47. The highest BCUT2D eigenvalue weighted by molar-refractivity contribution is 5.77. The minimum Gasteiger partial charge on any atom is -0.365 e. The predicted molar refractivity (Wildman–Crippen MR) is 114 cm³/mol. The summed E-state index contributed by atoms with van der Waals surface area (Å²) in [5.74, 6) is 5.45. The topological polar surface area (TPSA) is 58.9 Å². The molecule has 6 nitrogen and oxygen atoms in total. The van der Waals surface area contributed by atoms with E-state index in [9.17, 15) is 18.0 Å². The van der Waals surface area contributed by atoms with Gasteiger partial charge in [0.2, 0.25) is 5.91 Å². The summed E-state index contributed by atoms with van der Waals surface area (Å²) in [4.78, 5) is 18.3. The maximum atomic E-state index is 13.0. The zero-order valence-electron chi connectivity index (χ0n) is 17.7.